The van der Waals surface area contributed by atoms with Crippen LogP contribution in [0.5, 0.6) is 0 Å². The number of amides is 1. The van der Waals surface area contributed by atoms with Gasteiger partial charge in [-0.3, -0.25) is 4.79 Å². The zero-order valence-electron chi connectivity index (χ0n) is 12.3. The lowest BCUT2D eigenvalue weighted by Gasteiger charge is -2.24. The van der Waals surface area contributed by atoms with Gasteiger partial charge in [0.2, 0.25) is 0 Å². The highest BCUT2D eigenvalue weighted by Crippen LogP contribution is 2.34. The second-order valence-electron chi connectivity index (χ2n) is 5.23. The summed E-state index contributed by atoms with van der Waals surface area (Å²) in [6, 6.07) is 3.70. The second-order valence-corrected chi connectivity index (χ2v) is 5.23. The molecule has 1 aliphatic heterocycles. The summed E-state index contributed by atoms with van der Waals surface area (Å²) < 4.78 is 39.1. The number of hydrogen-bond donors (Lipinski definition) is 2. The molecule has 1 aliphatic rings. The molecule has 1 aromatic carbocycles. The van der Waals surface area contributed by atoms with Crippen LogP contribution in [0.3, 0.4) is 0 Å². The molecule has 22 heavy (non-hydrogen) atoms. The van der Waals surface area contributed by atoms with Crippen LogP contribution in [0.4, 0.5) is 13.2 Å². The summed E-state index contributed by atoms with van der Waals surface area (Å²) in [5, 5.41) is 5.74. The molecule has 1 amide bonds. The lowest BCUT2D eigenvalue weighted by atomic mass is 9.88. The predicted molar refractivity (Wildman–Crippen MR) is 81.5 cm³/mol. The van der Waals surface area contributed by atoms with E-state index in [1.54, 1.807) is 13.0 Å². The maximum atomic E-state index is 13.0. The summed E-state index contributed by atoms with van der Waals surface area (Å²) in [7, 11) is 0. The number of hydrogen-bond acceptors (Lipinski definition) is 2. The summed E-state index contributed by atoms with van der Waals surface area (Å²) in [5.41, 5.74) is -0.0624. The number of alkyl halides is 3. The van der Waals surface area contributed by atoms with Crippen molar-refractivity contribution in [2.75, 3.05) is 19.6 Å². The minimum absolute atomic E-state index is 0. The average molecular weight is 337 g/mol. The van der Waals surface area contributed by atoms with Crippen LogP contribution in [0.1, 0.15) is 47.2 Å². The summed E-state index contributed by atoms with van der Waals surface area (Å²) >= 11 is 0. The molecule has 1 aromatic rings. The second kappa shape index (κ2) is 7.83. The maximum absolute atomic E-state index is 13.0. The van der Waals surface area contributed by atoms with Crippen molar-refractivity contribution in [2.45, 2.75) is 31.9 Å². The maximum Gasteiger partial charge on any atom is 0.416 e. The Morgan fingerprint density at radius 3 is 2.45 bits per heavy atom. The van der Waals surface area contributed by atoms with Crippen LogP contribution in [0.25, 0.3) is 0 Å². The third-order valence-electron chi connectivity index (χ3n) is 3.69. The van der Waals surface area contributed by atoms with Gasteiger partial charge in [0.05, 0.1) is 5.56 Å². The molecule has 0 atom stereocenters. The van der Waals surface area contributed by atoms with Gasteiger partial charge in [-0.15, -0.1) is 12.4 Å². The minimum Gasteiger partial charge on any atom is -0.352 e. The van der Waals surface area contributed by atoms with Gasteiger partial charge in [-0.2, -0.15) is 13.2 Å². The van der Waals surface area contributed by atoms with Crippen molar-refractivity contribution >= 4 is 18.3 Å². The van der Waals surface area contributed by atoms with E-state index in [0.29, 0.717) is 12.1 Å². The van der Waals surface area contributed by atoms with Crippen molar-refractivity contribution in [2.24, 2.45) is 0 Å². The van der Waals surface area contributed by atoms with E-state index in [-0.39, 0.29) is 23.9 Å². The molecule has 0 aromatic heterocycles. The van der Waals surface area contributed by atoms with E-state index in [2.05, 4.69) is 10.6 Å². The average Bonchev–Trinajstić information content (AvgIpc) is 2.47. The smallest absolute Gasteiger partial charge is 0.352 e. The molecular formula is C15H20ClF3N2O. The van der Waals surface area contributed by atoms with Crippen molar-refractivity contribution < 1.29 is 18.0 Å². The molecule has 2 N–H and O–H groups in total. The van der Waals surface area contributed by atoms with Gasteiger partial charge in [0.15, 0.2) is 0 Å². The highest BCUT2D eigenvalue weighted by atomic mass is 35.5. The van der Waals surface area contributed by atoms with E-state index in [1.165, 1.54) is 6.07 Å². The molecule has 124 valence electrons. The minimum atomic E-state index is -4.44. The fourth-order valence-electron chi connectivity index (χ4n) is 2.60. The molecule has 0 spiro atoms. The van der Waals surface area contributed by atoms with Gasteiger partial charge in [-0.1, -0.05) is 0 Å². The van der Waals surface area contributed by atoms with Gasteiger partial charge >= 0.3 is 6.18 Å². The normalized spacial score (nSPS) is 16.0. The number of rotatable bonds is 3. The Morgan fingerprint density at radius 1 is 1.27 bits per heavy atom. The monoisotopic (exact) mass is 336 g/mol. The van der Waals surface area contributed by atoms with E-state index in [4.69, 9.17) is 0 Å². The molecule has 1 heterocycles. The lowest BCUT2D eigenvalue weighted by Crippen LogP contribution is -2.27. The predicted octanol–water partition coefficient (Wildman–Crippen LogP) is 3.34. The van der Waals surface area contributed by atoms with Crippen LogP contribution in [0.15, 0.2) is 18.2 Å². The Balaban J connectivity index is 0.00000242. The molecule has 0 saturated carbocycles. The first-order valence-corrected chi connectivity index (χ1v) is 7.13. The summed E-state index contributed by atoms with van der Waals surface area (Å²) in [6.45, 7) is 3.70. The van der Waals surface area contributed by atoms with Crippen LogP contribution in [-0.4, -0.2) is 25.5 Å². The molecule has 3 nitrogen and oxygen atoms in total. The molecule has 0 bridgehead atoms. The number of carbonyl (C=O) groups excluding carboxylic acids is 1. The van der Waals surface area contributed by atoms with Gasteiger partial charge in [0.25, 0.3) is 5.91 Å². The third-order valence-corrected chi connectivity index (χ3v) is 3.69. The van der Waals surface area contributed by atoms with Gasteiger partial charge in [0, 0.05) is 12.1 Å². The fourth-order valence-corrected chi connectivity index (χ4v) is 2.60. The first kappa shape index (κ1) is 18.8. The zero-order chi connectivity index (χ0) is 15.5. The summed E-state index contributed by atoms with van der Waals surface area (Å²) in [6.07, 6.45) is -2.86. The van der Waals surface area contributed by atoms with Gasteiger partial charge < -0.3 is 10.6 Å². The van der Waals surface area contributed by atoms with Gasteiger partial charge in [0.1, 0.15) is 0 Å². The third kappa shape index (κ3) is 4.61. The van der Waals surface area contributed by atoms with Crippen molar-refractivity contribution in [1.29, 1.82) is 0 Å². The standard InChI is InChI=1S/C15H19F3N2O.ClH/c1-2-20-14(21)12-7-11(10-3-5-19-6-4-10)8-13(9-12)15(16,17)18;/h7-10,19H,2-6H2,1H3,(H,20,21);1H. The van der Waals surface area contributed by atoms with Crippen LogP contribution in [0, 0.1) is 0 Å². The summed E-state index contributed by atoms with van der Waals surface area (Å²) in [4.78, 5) is 11.9. The number of halogens is 4. The number of carbonyl (C=O) groups is 1. The van der Waals surface area contributed by atoms with Crippen LogP contribution in [0.2, 0.25) is 0 Å². The van der Waals surface area contributed by atoms with E-state index < -0.39 is 17.6 Å². The first-order valence-electron chi connectivity index (χ1n) is 7.13. The summed E-state index contributed by atoms with van der Waals surface area (Å²) in [5.74, 6) is -0.388. The fraction of sp³-hybridized carbons (Fsp3) is 0.533. The largest absolute Gasteiger partial charge is 0.416 e. The van der Waals surface area contributed by atoms with Gasteiger partial charge in [-0.25, -0.2) is 0 Å². The molecule has 1 saturated heterocycles. The Kier molecular flexibility index (Phi) is 6.68. The van der Waals surface area contributed by atoms with Crippen LogP contribution in [-0.2, 0) is 6.18 Å². The molecule has 1 fully saturated rings. The molecule has 7 heteroatoms. The van der Waals surface area contributed by atoms with E-state index in [1.807, 2.05) is 0 Å². The van der Waals surface area contributed by atoms with E-state index in [9.17, 15) is 18.0 Å². The van der Waals surface area contributed by atoms with E-state index in [0.717, 1.165) is 32.0 Å². The molecule has 0 radical (unpaired) electrons. The Labute approximate surface area is 134 Å². The number of nitrogens with one attached hydrogen (secondary N) is 2. The molecule has 0 aliphatic carbocycles. The number of benzene rings is 1. The molecular weight excluding hydrogens is 317 g/mol. The Morgan fingerprint density at radius 2 is 1.91 bits per heavy atom. The van der Waals surface area contributed by atoms with Crippen molar-refractivity contribution in [3.63, 3.8) is 0 Å². The van der Waals surface area contributed by atoms with Crippen molar-refractivity contribution in [3.8, 4) is 0 Å². The van der Waals surface area contributed by atoms with Crippen LogP contribution < -0.4 is 10.6 Å². The van der Waals surface area contributed by atoms with Gasteiger partial charge in [-0.05, 0) is 62.5 Å². The SMILES string of the molecule is CCNC(=O)c1cc(C2CCNCC2)cc(C(F)(F)F)c1.Cl. The Hall–Kier alpha value is -1.27. The number of piperidine rings is 1. The topological polar surface area (TPSA) is 41.1 Å². The lowest BCUT2D eigenvalue weighted by molar-refractivity contribution is -0.137. The molecule has 2 rings (SSSR count). The highest BCUT2D eigenvalue weighted by Gasteiger charge is 2.32. The van der Waals surface area contributed by atoms with Crippen molar-refractivity contribution in [3.05, 3.63) is 34.9 Å². The molecule has 0 unspecified atom stereocenters. The zero-order valence-corrected chi connectivity index (χ0v) is 13.1. The van der Waals surface area contributed by atoms with Crippen molar-refractivity contribution in [1.82, 2.24) is 10.6 Å². The quantitative estimate of drug-likeness (QED) is 0.889. The first-order chi connectivity index (χ1) is 9.91. The van der Waals surface area contributed by atoms with Crippen LogP contribution >= 0.6 is 12.4 Å². The van der Waals surface area contributed by atoms with E-state index >= 15 is 0 Å². The highest BCUT2D eigenvalue weighted by molar-refractivity contribution is 5.94. The Bertz CT molecular complexity index is 514.